The molecule has 2 aromatic carbocycles. The predicted octanol–water partition coefficient (Wildman–Crippen LogP) is 0.660. The predicted molar refractivity (Wildman–Crippen MR) is 152 cm³/mol. The highest BCUT2D eigenvalue weighted by atomic mass is 32.2. The molecule has 3 N–H and O–H groups in total. The molecule has 0 aliphatic carbocycles. The average Bonchev–Trinajstić information content (AvgIpc) is 3.28. The molecule has 3 heterocycles. The lowest BCUT2D eigenvalue weighted by Crippen LogP contribution is -2.68. The van der Waals surface area contributed by atoms with Crippen LogP contribution < -0.4 is 10.6 Å². The molecule has 0 spiro atoms. The fraction of sp³-hybridized carbons (Fsp3) is 0.448. The molecule has 3 aliphatic rings. The Labute approximate surface area is 243 Å². The van der Waals surface area contributed by atoms with E-state index in [9.17, 15) is 32.7 Å². The number of benzene rings is 2. The van der Waals surface area contributed by atoms with E-state index in [1.165, 1.54) is 9.21 Å². The zero-order chi connectivity index (χ0) is 30.0. The Morgan fingerprint density at radius 3 is 2.50 bits per heavy atom. The van der Waals surface area contributed by atoms with E-state index in [0.29, 0.717) is 18.4 Å². The molecule has 42 heavy (non-hydrogen) atoms. The molecule has 3 amide bonds. The molecule has 5 rings (SSSR count). The van der Waals surface area contributed by atoms with Crippen LogP contribution >= 0.6 is 0 Å². The van der Waals surface area contributed by atoms with Gasteiger partial charge in [-0.1, -0.05) is 55.5 Å². The van der Waals surface area contributed by atoms with Gasteiger partial charge in [-0.3, -0.25) is 19.2 Å². The van der Waals surface area contributed by atoms with E-state index in [1.807, 2.05) is 36.4 Å². The largest absolute Gasteiger partial charge is 0.434 e. The van der Waals surface area contributed by atoms with Crippen molar-refractivity contribution in [2.24, 2.45) is 0 Å². The molecule has 0 aromatic heterocycles. The van der Waals surface area contributed by atoms with Gasteiger partial charge in [-0.2, -0.15) is 4.31 Å². The molecule has 2 fully saturated rings. The summed E-state index contributed by atoms with van der Waals surface area (Å²) in [4.78, 5) is 54.2. The summed E-state index contributed by atoms with van der Waals surface area (Å²) in [6.07, 6.45) is 2.62. The maximum atomic E-state index is 14.1. The van der Waals surface area contributed by atoms with E-state index in [1.54, 1.807) is 25.1 Å². The molecular weight excluding hydrogens is 564 g/mol. The van der Waals surface area contributed by atoms with Crippen LogP contribution in [0.3, 0.4) is 0 Å². The summed E-state index contributed by atoms with van der Waals surface area (Å²) in [5, 5.41) is 17.0. The normalized spacial score (nSPS) is 26.7. The van der Waals surface area contributed by atoms with Crippen LogP contribution in [0.2, 0.25) is 0 Å². The minimum Gasteiger partial charge on any atom is -0.434 e. The Bertz CT molecular complexity index is 1520. The Hall–Kier alpha value is -3.81. The van der Waals surface area contributed by atoms with Gasteiger partial charge in [0.05, 0.1) is 12.2 Å². The number of nitrogens with one attached hydrogen (secondary N) is 2. The number of hydrogen-bond donors (Lipinski definition) is 3. The van der Waals surface area contributed by atoms with Gasteiger partial charge >= 0.3 is 5.97 Å². The number of rotatable bonds is 7. The van der Waals surface area contributed by atoms with E-state index in [0.717, 1.165) is 10.8 Å². The van der Waals surface area contributed by atoms with Crippen LogP contribution in [0.1, 0.15) is 43.0 Å². The van der Waals surface area contributed by atoms with Gasteiger partial charge in [0.15, 0.2) is 0 Å². The van der Waals surface area contributed by atoms with Gasteiger partial charge in [0.25, 0.3) is 5.91 Å². The van der Waals surface area contributed by atoms with Crippen molar-refractivity contribution in [2.45, 2.75) is 63.1 Å². The fourth-order valence-electron chi connectivity index (χ4n) is 5.77. The highest BCUT2D eigenvalue weighted by molar-refractivity contribution is 7.89. The van der Waals surface area contributed by atoms with E-state index in [-0.39, 0.29) is 31.7 Å². The number of hydrogen-bond acceptors (Lipinski definition) is 8. The van der Waals surface area contributed by atoms with Crippen molar-refractivity contribution in [3.63, 3.8) is 0 Å². The lowest BCUT2D eigenvalue weighted by Gasteiger charge is -2.47. The first-order chi connectivity index (χ1) is 20.1. The van der Waals surface area contributed by atoms with Gasteiger partial charge in [0, 0.05) is 24.7 Å². The van der Waals surface area contributed by atoms with Crippen LogP contribution in [0.4, 0.5) is 0 Å². The number of esters is 1. The molecule has 5 atom stereocenters. The molecular formula is C29H34N4O8S. The number of carbonyl (C=O) groups is 4. The van der Waals surface area contributed by atoms with Gasteiger partial charge in [-0.15, -0.1) is 0 Å². The molecule has 0 saturated carbocycles. The molecule has 13 heteroatoms. The van der Waals surface area contributed by atoms with Crippen LogP contribution in [-0.4, -0.2) is 95.7 Å². The zero-order valence-corrected chi connectivity index (χ0v) is 24.0. The van der Waals surface area contributed by atoms with E-state index >= 15 is 0 Å². The number of nitrogens with zero attached hydrogens (tertiary/aromatic N) is 2. The Kier molecular flexibility index (Phi) is 8.62. The van der Waals surface area contributed by atoms with Crippen molar-refractivity contribution in [1.82, 2.24) is 19.8 Å². The second-order valence-corrected chi connectivity index (χ2v) is 12.8. The number of amides is 3. The summed E-state index contributed by atoms with van der Waals surface area (Å²) in [7, 11) is -3.73. The van der Waals surface area contributed by atoms with Crippen molar-refractivity contribution in [3.05, 3.63) is 60.2 Å². The minimum atomic E-state index is -3.73. The lowest BCUT2D eigenvalue weighted by molar-refractivity contribution is -0.156. The van der Waals surface area contributed by atoms with Crippen molar-refractivity contribution >= 4 is 44.5 Å². The minimum absolute atomic E-state index is 0.0141. The molecule has 0 radical (unpaired) electrons. The van der Waals surface area contributed by atoms with Gasteiger partial charge < -0.3 is 25.4 Å². The van der Waals surface area contributed by atoms with Crippen molar-refractivity contribution in [1.29, 1.82) is 0 Å². The zero-order valence-electron chi connectivity index (χ0n) is 23.1. The maximum absolute atomic E-state index is 14.1. The smallest absolute Gasteiger partial charge is 0.310 e. The number of piperazine rings is 1. The second kappa shape index (κ2) is 12.2. The number of cyclic esters (lactones) is 1. The maximum Gasteiger partial charge on any atom is 0.310 e. The van der Waals surface area contributed by atoms with E-state index < -0.39 is 64.2 Å². The first kappa shape index (κ1) is 29.7. The molecule has 0 bridgehead atoms. The third-order valence-electron chi connectivity index (χ3n) is 7.83. The summed E-state index contributed by atoms with van der Waals surface area (Å²) in [5.41, 5.74) is 0.396. The first-order valence-corrected chi connectivity index (χ1v) is 15.6. The van der Waals surface area contributed by atoms with Crippen LogP contribution in [0.5, 0.6) is 0 Å². The third kappa shape index (κ3) is 6.03. The quantitative estimate of drug-likeness (QED) is 0.309. The molecule has 2 unspecified atom stereocenters. The van der Waals surface area contributed by atoms with E-state index in [4.69, 9.17) is 4.74 Å². The first-order valence-electron chi connectivity index (χ1n) is 14.0. The van der Waals surface area contributed by atoms with E-state index in [2.05, 4.69) is 10.6 Å². The summed E-state index contributed by atoms with van der Waals surface area (Å²) in [5.74, 6) is -2.51. The molecule has 12 nitrogen and oxygen atoms in total. The standard InChI is InChI=1S/C29H34N4O8S/c1-2-14-42(39,40)32-16-19-10-4-6-13-22(30-26(35)21-12-7-9-18-8-3-5-11-20(18)21)28(37)33(19)24(17-32)27(36)31-23-15-25(34)41-29(23)38/h3-9,11-12,19,22-24,29,38H,2,10,13-17H2,1H3,(H,30,35)(H,31,36)/t19-,22-,23?,24-,29?/m0/s1. The highest BCUT2D eigenvalue weighted by Crippen LogP contribution is 2.27. The monoisotopic (exact) mass is 598 g/mol. The lowest BCUT2D eigenvalue weighted by atomic mass is 9.97. The average molecular weight is 599 g/mol. The fourth-order valence-corrected chi connectivity index (χ4v) is 7.31. The Morgan fingerprint density at radius 2 is 1.76 bits per heavy atom. The topological polar surface area (TPSA) is 162 Å². The van der Waals surface area contributed by atoms with Crippen molar-refractivity contribution < 1.29 is 37.4 Å². The molecule has 3 aliphatic heterocycles. The number of carbonyl (C=O) groups excluding carboxylic acids is 4. The Morgan fingerprint density at radius 1 is 1.02 bits per heavy atom. The van der Waals surface area contributed by atoms with Gasteiger partial charge in [0.2, 0.25) is 28.1 Å². The highest BCUT2D eigenvalue weighted by Gasteiger charge is 2.47. The Balaban J connectivity index is 1.45. The summed E-state index contributed by atoms with van der Waals surface area (Å²) in [6.45, 7) is 1.42. The number of sulfonamides is 1. The number of ether oxygens (including phenoxy) is 1. The summed E-state index contributed by atoms with van der Waals surface area (Å²) in [6, 6.07) is 8.69. The number of fused-ring (bicyclic) bond motifs is 2. The van der Waals surface area contributed by atoms with Crippen molar-refractivity contribution in [2.75, 3.05) is 18.8 Å². The number of aliphatic hydroxyl groups excluding tert-OH is 1. The van der Waals surface area contributed by atoms with Crippen LogP contribution in [0.25, 0.3) is 10.8 Å². The van der Waals surface area contributed by atoms with Gasteiger partial charge in [-0.25, -0.2) is 8.42 Å². The third-order valence-corrected chi connectivity index (χ3v) is 9.84. The summed E-state index contributed by atoms with van der Waals surface area (Å²) < 4.78 is 32.1. The van der Waals surface area contributed by atoms with Crippen molar-refractivity contribution in [3.8, 4) is 0 Å². The SMILES string of the molecule is CCCS(=O)(=O)N1C[C@@H]2CC=CC[C@H](NC(=O)c3cccc4ccccc34)C(=O)N2[C@H](C(=O)NC2CC(=O)OC2O)C1. The van der Waals surface area contributed by atoms with Gasteiger partial charge in [-0.05, 0) is 36.1 Å². The van der Waals surface area contributed by atoms with Crippen LogP contribution in [-0.2, 0) is 29.1 Å². The second-order valence-electron chi connectivity index (χ2n) is 10.7. The molecule has 2 aromatic rings. The van der Waals surface area contributed by atoms with Crippen LogP contribution in [0, 0.1) is 0 Å². The molecule has 224 valence electrons. The summed E-state index contributed by atoms with van der Waals surface area (Å²) >= 11 is 0. The van der Waals surface area contributed by atoms with Crippen LogP contribution in [0.15, 0.2) is 54.6 Å². The molecule has 2 saturated heterocycles. The number of aliphatic hydroxyl groups is 1. The van der Waals surface area contributed by atoms with Gasteiger partial charge in [0.1, 0.15) is 18.1 Å².